The highest BCUT2D eigenvalue weighted by molar-refractivity contribution is 6.21. The predicted octanol–water partition coefficient (Wildman–Crippen LogP) is 5.51. The van der Waals surface area contributed by atoms with Gasteiger partial charge in [-0.25, -0.2) is 9.67 Å². The Morgan fingerprint density at radius 2 is 1.87 bits per heavy atom. The predicted molar refractivity (Wildman–Crippen MR) is 155 cm³/mol. The summed E-state index contributed by atoms with van der Waals surface area (Å²) in [6, 6.07) is 18.8. The van der Waals surface area contributed by atoms with Gasteiger partial charge < -0.3 is 5.32 Å². The van der Waals surface area contributed by atoms with Gasteiger partial charge in [0.05, 0.1) is 24.3 Å². The molecule has 2 unspecified atom stereocenters. The molecule has 3 aliphatic heterocycles. The second kappa shape index (κ2) is 9.08. The Morgan fingerprint density at radius 3 is 2.64 bits per heavy atom. The number of hydrogen-bond acceptors (Lipinski definition) is 6. The van der Waals surface area contributed by atoms with Crippen molar-refractivity contribution in [2.45, 2.75) is 51.2 Å². The van der Waals surface area contributed by atoms with Crippen LogP contribution in [0.15, 0.2) is 88.5 Å². The largest absolute Gasteiger partial charge is 0.340 e. The first kappa shape index (κ1) is 23.6. The number of rotatable bonds is 5. The summed E-state index contributed by atoms with van der Waals surface area (Å²) in [5, 5.41) is 8.58. The maximum atomic E-state index is 13.7. The van der Waals surface area contributed by atoms with Crippen molar-refractivity contribution < 1.29 is 4.79 Å². The van der Waals surface area contributed by atoms with Crippen LogP contribution >= 0.6 is 0 Å². The summed E-state index contributed by atoms with van der Waals surface area (Å²) in [5.74, 6) is 2.04. The molecular weight excluding hydrogens is 486 g/mol. The first-order valence-electron chi connectivity index (χ1n) is 13.6. The molecule has 0 saturated heterocycles. The maximum absolute atomic E-state index is 13.7. The van der Waals surface area contributed by atoms with Crippen LogP contribution in [-0.4, -0.2) is 51.4 Å². The van der Waals surface area contributed by atoms with E-state index < -0.39 is 0 Å². The van der Waals surface area contributed by atoms with Crippen molar-refractivity contribution in [3.05, 3.63) is 95.2 Å². The second-order valence-electron chi connectivity index (χ2n) is 10.9. The van der Waals surface area contributed by atoms with E-state index in [4.69, 9.17) is 10.1 Å². The molecule has 1 N–H and O–H groups in total. The lowest BCUT2D eigenvalue weighted by molar-refractivity contribution is 0.0866. The van der Waals surface area contributed by atoms with Crippen LogP contribution in [0.4, 0.5) is 17.3 Å². The second-order valence-corrected chi connectivity index (χ2v) is 10.9. The third-order valence-electron chi connectivity index (χ3n) is 8.09. The molecule has 8 heteroatoms. The van der Waals surface area contributed by atoms with E-state index in [1.54, 1.807) is 4.90 Å². The summed E-state index contributed by atoms with van der Waals surface area (Å²) in [5.41, 5.74) is 6.83. The molecule has 4 aliphatic rings. The Kier molecular flexibility index (Phi) is 5.50. The number of allylic oxidation sites excluding steroid dienone is 2. The van der Waals surface area contributed by atoms with Gasteiger partial charge in [0.1, 0.15) is 11.4 Å². The normalized spacial score (nSPS) is 21.7. The molecular formula is C31H31N7O. The Bertz CT molecular complexity index is 1580. The van der Waals surface area contributed by atoms with Crippen molar-refractivity contribution in [2.24, 2.45) is 9.98 Å². The zero-order chi connectivity index (χ0) is 26.7. The minimum Gasteiger partial charge on any atom is -0.340 e. The highest BCUT2D eigenvalue weighted by atomic mass is 16.2. The van der Waals surface area contributed by atoms with E-state index in [2.05, 4.69) is 53.0 Å². The number of nitrogens with zero attached hydrogens (tertiary/aromatic N) is 6. The lowest BCUT2D eigenvalue weighted by Crippen LogP contribution is -2.51. The Morgan fingerprint density at radius 1 is 1.08 bits per heavy atom. The van der Waals surface area contributed by atoms with E-state index in [0.717, 1.165) is 59.7 Å². The molecule has 0 radical (unpaired) electrons. The molecule has 1 fully saturated rings. The van der Waals surface area contributed by atoms with Gasteiger partial charge in [-0.3, -0.25) is 19.6 Å². The number of para-hydroxylation sites is 1. The molecule has 0 bridgehead atoms. The molecule has 1 saturated carbocycles. The van der Waals surface area contributed by atoms with E-state index in [-0.39, 0.29) is 18.0 Å². The van der Waals surface area contributed by atoms with Crippen molar-refractivity contribution >= 4 is 34.9 Å². The van der Waals surface area contributed by atoms with Crippen LogP contribution in [0.2, 0.25) is 0 Å². The fourth-order valence-corrected chi connectivity index (χ4v) is 6.16. The molecule has 0 spiro atoms. The van der Waals surface area contributed by atoms with Gasteiger partial charge in [-0.15, -0.1) is 0 Å². The van der Waals surface area contributed by atoms with Crippen molar-refractivity contribution in [3.8, 4) is 0 Å². The van der Waals surface area contributed by atoms with Gasteiger partial charge in [-0.05, 0) is 55.9 Å². The molecule has 4 heterocycles. The van der Waals surface area contributed by atoms with Crippen LogP contribution in [-0.2, 0) is 6.54 Å². The van der Waals surface area contributed by atoms with Crippen LogP contribution < -0.4 is 10.2 Å². The van der Waals surface area contributed by atoms with Gasteiger partial charge in [0, 0.05) is 24.5 Å². The van der Waals surface area contributed by atoms with Gasteiger partial charge in [0.25, 0.3) is 5.91 Å². The first-order chi connectivity index (χ1) is 19.0. The standard InChI is InChI=1S/C31H31N7O/c1-19-16-20(2)27(32-17-19)22-14-12-21(13-15-22)18-37-28(33-23-8-5-4-6-9-23)26-29(35-37)38-25-11-7-10-24(25)34-31(38)36(3)30(26)39/h4-6,8-9,12-15,17,24-25,33H,2,7,10-11,16,18H2,1,3H3. The SMILES string of the molecule is C=C1CC(C)=CN=C1c1ccc(Cn2nc3c(c2Nc2ccccc2)C(=O)N(C)C2=NC4CCCC4N23)cc1. The highest BCUT2D eigenvalue weighted by Gasteiger charge is 2.49. The van der Waals surface area contributed by atoms with Crippen LogP contribution in [0, 0.1) is 0 Å². The maximum Gasteiger partial charge on any atom is 0.267 e. The molecule has 2 aromatic carbocycles. The molecule has 7 rings (SSSR count). The number of carbonyl (C=O) groups is 1. The van der Waals surface area contributed by atoms with Gasteiger partial charge in [-0.1, -0.05) is 54.6 Å². The van der Waals surface area contributed by atoms with E-state index in [1.807, 2.05) is 48.3 Å². The molecule has 196 valence electrons. The molecule has 3 aromatic rings. The topological polar surface area (TPSA) is 78.1 Å². The average Bonchev–Trinajstić information content (AvgIpc) is 3.62. The monoisotopic (exact) mass is 517 g/mol. The van der Waals surface area contributed by atoms with Crippen molar-refractivity contribution in [1.82, 2.24) is 14.7 Å². The molecule has 39 heavy (non-hydrogen) atoms. The number of aromatic nitrogens is 2. The fourth-order valence-electron chi connectivity index (χ4n) is 6.16. The van der Waals surface area contributed by atoms with E-state index in [1.165, 1.54) is 5.57 Å². The number of fused-ring (bicyclic) bond motifs is 5. The lowest BCUT2D eigenvalue weighted by Gasteiger charge is -2.34. The van der Waals surface area contributed by atoms with E-state index in [9.17, 15) is 4.79 Å². The van der Waals surface area contributed by atoms with Gasteiger partial charge in [0.2, 0.25) is 5.96 Å². The number of hydrogen-bond donors (Lipinski definition) is 1. The van der Waals surface area contributed by atoms with Gasteiger partial charge in [-0.2, -0.15) is 5.10 Å². The van der Waals surface area contributed by atoms with Gasteiger partial charge >= 0.3 is 0 Å². The summed E-state index contributed by atoms with van der Waals surface area (Å²) < 4.78 is 1.92. The third-order valence-corrected chi connectivity index (χ3v) is 8.09. The molecule has 1 amide bonds. The fraction of sp³-hybridized carbons (Fsp3) is 0.290. The minimum atomic E-state index is -0.0860. The zero-order valence-corrected chi connectivity index (χ0v) is 22.3. The number of nitrogens with one attached hydrogen (secondary N) is 1. The summed E-state index contributed by atoms with van der Waals surface area (Å²) >= 11 is 0. The molecule has 8 nitrogen and oxygen atoms in total. The smallest absolute Gasteiger partial charge is 0.267 e. The summed E-state index contributed by atoms with van der Waals surface area (Å²) in [6.45, 7) is 6.81. The number of benzene rings is 2. The molecule has 1 aromatic heterocycles. The Balaban J connectivity index is 1.28. The Labute approximate surface area is 228 Å². The van der Waals surface area contributed by atoms with Gasteiger partial charge in [0.15, 0.2) is 5.82 Å². The summed E-state index contributed by atoms with van der Waals surface area (Å²) in [4.78, 5) is 27.2. The number of anilines is 3. The lowest BCUT2D eigenvalue weighted by atomic mass is 9.96. The first-order valence-corrected chi connectivity index (χ1v) is 13.6. The minimum absolute atomic E-state index is 0.0860. The zero-order valence-electron chi connectivity index (χ0n) is 22.3. The highest BCUT2D eigenvalue weighted by Crippen LogP contribution is 2.43. The quantitative estimate of drug-likeness (QED) is 0.484. The van der Waals surface area contributed by atoms with Crippen molar-refractivity contribution in [2.75, 3.05) is 17.3 Å². The number of amides is 1. The molecule has 1 aliphatic carbocycles. The number of aliphatic imine (C=N–C) groups is 2. The van der Waals surface area contributed by atoms with Crippen molar-refractivity contribution in [1.29, 1.82) is 0 Å². The van der Waals surface area contributed by atoms with Crippen molar-refractivity contribution in [3.63, 3.8) is 0 Å². The Hall–Kier alpha value is -4.46. The van der Waals surface area contributed by atoms with Crippen LogP contribution in [0.5, 0.6) is 0 Å². The number of guanidine groups is 1. The number of carbonyl (C=O) groups excluding carboxylic acids is 1. The third kappa shape index (κ3) is 3.90. The van der Waals surface area contributed by atoms with E-state index >= 15 is 0 Å². The summed E-state index contributed by atoms with van der Waals surface area (Å²) in [6.07, 6.45) is 6.02. The average molecular weight is 518 g/mol. The van der Waals surface area contributed by atoms with Crippen LogP contribution in [0.1, 0.15) is 54.1 Å². The van der Waals surface area contributed by atoms with Crippen LogP contribution in [0.3, 0.4) is 0 Å². The molecule has 2 atom stereocenters. The van der Waals surface area contributed by atoms with E-state index in [0.29, 0.717) is 23.7 Å². The van der Waals surface area contributed by atoms with Crippen LogP contribution in [0.25, 0.3) is 0 Å². The summed E-state index contributed by atoms with van der Waals surface area (Å²) in [7, 11) is 1.82.